The summed E-state index contributed by atoms with van der Waals surface area (Å²) in [6, 6.07) is 14.6. The second kappa shape index (κ2) is 8.02. The molecule has 0 saturated heterocycles. The first-order chi connectivity index (χ1) is 11.5. The Morgan fingerprint density at radius 2 is 1.79 bits per heavy atom. The van der Waals surface area contributed by atoms with Gasteiger partial charge in [0.2, 0.25) is 0 Å². The predicted molar refractivity (Wildman–Crippen MR) is 94.0 cm³/mol. The highest BCUT2D eigenvalue weighted by Gasteiger charge is 2.09. The molecule has 124 valence electrons. The van der Waals surface area contributed by atoms with Gasteiger partial charge in [0.05, 0.1) is 0 Å². The van der Waals surface area contributed by atoms with Gasteiger partial charge in [0.1, 0.15) is 24.7 Å². The molecule has 0 spiro atoms. The maximum absolute atomic E-state index is 11.2. The van der Waals surface area contributed by atoms with E-state index in [-0.39, 0.29) is 19.0 Å². The number of carbonyl (C=O) groups is 1. The van der Waals surface area contributed by atoms with Crippen LogP contribution in [0.25, 0.3) is 5.57 Å². The van der Waals surface area contributed by atoms with Crippen molar-refractivity contribution >= 4 is 11.5 Å². The van der Waals surface area contributed by atoms with Gasteiger partial charge in [0, 0.05) is 17.2 Å². The summed E-state index contributed by atoms with van der Waals surface area (Å²) in [5, 5.41) is 10.2. The number of phenols is 1. The first-order valence-corrected chi connectivity index (χ1v) is 7.52. The number of carbonyl (C=O) groups excluding carboxylic acids is 1. The van der Waals surface area contributed by atoms with Crippen molar-refractivity contribution in [3.8, 4) is 11.5 Å². The minimum absolute atomic E-state index is 0.0836. The molecule has 0 aliphatic rings. The largest absolute Gasteiger partial charge is 0.507 e. The number of rotatable bonds is 7. The summed E-state index contributed by atoms with van der Waals surface area (Å²) in [5.41, 5.74) is 2.65. The average Bonchev–Trinajstić information content (AvgIpc) is 2.58. The van der Waals surface area contributed by atoms with Crippen molar-refractivity contribution in [1.29, 1.82) is 0 Å². The van der Waals surface area contributed by atoms with E-state index in [0.717, 1.165) is 11.1 Å². The Bertz CT molecular complexity index is 747. The molecule has 0 saturated carbocycles. The number of phenolic OH excluding ortho intramolecular Hbond substituents is 1. The van der Waals surface area contributed by atoms with Gasteiger partial charge in [-0.25, -0.2) is 4.79 Å². The van der Waals surface area contributed by atoms with Crippen LogP contribution in [0, 0.1) is 0 Å². The van der Waals surface area contributed by atoms with Gasteiger partial charge in [-0.05, 0) is 30.2 Å². The smallest absolute Gasteiger partial charge is 0.333 e. The molecule has 2 aromatic carbocycles. The van der Waals surface area contributed by atoms with Crippen LogP contribution in [0.4, 0.5) is 0 Å². The summed E-state index contributed by atoms with van der Waals surface area (Å²) in [6.45, 7) is 9.42. The van der Waals surface area contributed by atoms with E-state index < -0.39 is 5.97 Å². The zero-order valence-corrected chi connectivity index (χ0v) is 13.6. The van der Waals surface area contributed by atoms with Gasteiger partial charge in [-0.1, -0.05) is 43.5 Å². The number of aromatic hydroxyl groups is 1. The summed E-state index contributed by atoms with van der Waals surface area (Å²) in [7, 11) is 0. The van der Waals surface area contributed by atoms with Crippen molar-refractivity contribution < 1.29 is 19.4 Å². The lowest BCUT2D eigenvalue weighted by Crippen LogP contribution is -2.12. The molecule has 0 aliphatic carbocycles. The Morgan fingerprint density at radius 3 is 2.42 bits per heavy atom. The van der Waals surface area contributed by atoms with E-state index >= 15 is 0 Å². The van der Waals surface area contributed by atoms with Crippen LogP contribution in [0.2, 0.25) is 0 Å². The third-order valence-corrected chi connectivity index (χ3v) is 3.35. The van der Waals surface area contributed by atoms with Gasteiger partial charge in [0.15, 0.2) is 0 Å². The molecule has 0 heterocycles. The van der Waals surface area contributed by atoms with Crippen molar-refractivity contribution in [2.45, 2.75) is 6.92 Å². The third-order valence-electron chi connectivity index (χ3n) is 3.35. The van der Waals surface area contributed by atoms with Crippen molar-refractivity contribution in [1.82, 2.24) is 0 Å². The van der Waals surface area contributed by atoms with Crippen LogP contribution in [0.3, 0.4) is 0 Å². The van der Waals surface area contributed by atoms with E-state index in [1.165, 1.54) is 6.07 Å². The number of ether oxygens (including phenoxy) is 2. The Morgan fingerprint density at radius 1 is 1.08 bits per heavy atom. The van der Waals surface area contributed by atoms with Gasteiger partial charge in [0.25, 0.3) is 0 Å². The molecular formula is C20H20O4. The Kier molecular flexibility index (Phi) is 5.79. The molecule has 0 bridgehead atoms. The SMILES string of the molecule is C=C(C)C(=O)OCCOc1ccc(C(=C)c2ccccc2)c(O)c1. The van der Waals surface area contributed by atoms with Gasteiger partial charge < -0.3 is 14.6 Å². The molecular weight excluding hydrogens is 304 g/mol. The molecule has 24 heavy (non-hydrogen) atoms. The quantitative estimate of drug-likeness (QED) is 0.476. The minimum atomic E-state index is -0.448. The molecule has 2 rings (SSSR count). The molecule has 0 amide bonds. The van der Waals surface area contributed by atoms with Gasteiger partial charge in [-0.2, -0.15) is 0 Å². The highest BCUT2D eigenvalue weighted by atomic mass is 16.6. The van der Waals surface area contributed by atoms with E-state index in [9.17, 15) is 9.90 Å². The summed E-state index contributed by atoms with van der Waals surface area (Å²) in [5.74, 6) is 0.125. The van der Waals surface area contributed by atoms with Crippen LogP contribution in [0.1, 0.15) is 18.1 Å². The van der Waals surface area contributed by atoms with Crippen LogP contribution < -0.4 is 4.74 Å². The number of esters is 1. The minimum Gasteiger partial charge on any atom is -0.507 e. The van der Waals surface area contributed by atoms with Crippen LogP contribution in [-0.4, -0.2) is 24.3 Å². The molecule has 0 radical (unpaired) electrons. The number of hydrogen-bond acceptors (Lipinski definition) is 4. The van der Waals surface area contributed by atoms with Crippen molar-refractivity contribution in [3.05, 3.63) is 78.4 Å². The van der Waals surface area contributed by atoms with Crippen LogP contribution in [0.5, 0.6) is 11.5 Å². The summed E-state index contributed by atoms with van der Waals surface area (Å²) < 4.78 is 10.4. The Labute approximate surface area is 141 Å². The topological polar surface area (TPSA) is 55.8 Å². The Hall–Kier alpha value is -3.01. The molecule has 4 heteroatoms. The maximum atomic E-state index is 11.2. The predicted octanol–water partition coefficient (Wildman–Crippen LogP) is 3.95. The molecule has 0 aromatic heterocycles. The number of hydrogen-bond donors (Lipinski definition) is 1. The van der Waals surface area contributed by atoms with E-state index in [2.05, 4.69) is 13.2 Å². The first-order valence-electron chi connectivity index (χ1n) is 7.52. The molecule has 1 N–H and O–H groups in total. The Balaban J connectivity index is 1.96. The normalized spacial score (nSPS) is 10.0. The summed E-state index contributed by atoms with van der Waals surface area (Å²) >= 11 is 0. The van der Waals surface area contributed by atoms with Crippen molar-refractivity contribution in [2.24, 2.45) is 0 Å². The van der Waals surface area contributed by atoms with E-state index in [1.807, 2.05) is 30.3 Å². The van der Waals surface area contributed by atoms with Crippen LogP contribution >= 0.6 is 0 Å². The number of benzene rings is 2. The molecule has 0 aliphatic heterocycles. The standard InChI is InChI=1S/C20H20O4/c1-14(2)20(22)24-12-11-23-17-9-10-18(19(21)13-17)15(3)16-7-5-4-6-8-16/h4-10,13,21H,1,3,11-12H2,2H3. The highest BCUT2D eigenvalue weighted by Crippen LogP contribution is 2.31. The lowest BCUT2D eigenvalue weighted by atomic mass is 9.99. The summed E-state index contributed by atoms with van der Waals surface area (Å²) in [6.07, 6.45) is 0. The zero-order chi connectivity index (χ0) is 17.5. The monoisotopic (exact) mass is 324 g/mol. The van der Waals surface area contributed by atoms with Gasteiger partial charge >= 0.3 is 5.97 Å². The fraction of sp³-hybridized carbons (Fsp3) is 0.150. The molecule has 0 fully saturated rings. The van der Waals surface area contributed by atoms with Crippen molar-refractivity contribution in [2.75, 3.05) is 13.2 Å². The maximum Gasteiger partial charge on any atom is 0.333 e. The second-order valence-corrected chi connectivity index (χ2v) is 5.29. The first kappa shape index (κ1) is 17.3. The third kappa shape index (κ3) is 4.49. The van der Waals surface area contributed by atoms with E-state index in [0.29, 0.717) is 16.9 Å². The fourth-order valence-corrected chi connectivity index (χ4v) is 2.07. The molecule has 0 atom stereocenters. The lowest BCUT2D eigenvalue weighted by Gasteiger charge is -2.11. The van der Waals surface area contributed by atoms with E-state index in [4.69, 9.17) is 9.47 Å². The average molecular weight is 324 g/mol. The van der Waals surface area contributed by atoms with Crippen LogP contribution in [-0.2, 0) is 9.53 Å². The molecule has 0 unspecified atom stereocenters. The fourth-order valence-electron chi connectivity index (χ4n) is 2.07. The van der Waals surface area contributed by atoms with E-state index in [1.54, 1.807) is 19.1 Å². The van der Waals surface area contributed by atoms with Crippen LogP contribution in [0.15, 0.2) is 67.3 Å². The molecule has 2 aromatic rings. The lowest BCUT2D eigenvalue weighted by molar-refractivity contribution is -0.139. The van der Waals surface area contributed by atoms with Crippen molar-refractivity contribution in [3.63, 3.8) is 0 Å². The zero-order valence-electron chi connectivity index (χ0n) is 13.6. The molecule has 4 nitrogen and oxygen atoms in total. The summed E-state index contributed by atoms with van der Waals surface area (Å²) in [4.78, 5) is 11.2. The van der Waals surface area contributed by atoms with Gasteiger partial charge in [-0.3, -0.25) is 0 Å². The van der Waals surface area contributed by atoms with Gasteiger partial charge in [-0.15, -0.1) is 0 Å². The highest BCUT2D eigenvalue weighted by molar-refractivity contribution is 5.86. The second-order valence-electron chi connectivity index (χ2n) is 5.29.